The van der Waals surface area contributed by atoms with E-state index in [0.29, 0.717) is 12.5 Å². The largest absolute Gasteiger partial charge is 0.492 e. The van der Waals surface area contributed by atoms with Gasteiger partial charge in [0.1, 0.15) is 12.4 Å². The molecule has 2 N–H and O–H groups in total. The van der Waals surface area contributed by atoms with E-state index in [1.165, 1.54) is 24.3 Å². The van der Waals surface area contributed by atoms with Crippen LogP contribution in [0, 0.1) is 5.92 Å². The van der Waals surface area contributed by atoms with Gasteiger partial charge in [-0.15, -0.1) is 0 Å². The zero-order valence-corrected chi connectivity index (χ0v) is 12.2. The van der Waals surface area contributed by atoms with Gasteiger partial charge in [-0.3, -0.25) is 0 Å². The van der Waals surface area contributed by atoms with E-state index in [0.717, 1.165) is 10.2 Å². The molecule has 17 heavy (non-hydrogen) atoms. The molecule has 0 bridgehead atoms. The maximum absolute atomic E-state index is 6.18. The van der Waals surface area contributed by atoms with Gasteiger partial charge in [-0.1, -0.05) is 15.9 Å². The highest BCUT2D eigenvalue weighted by atomic mass is 79.9. The summed E-state index contributed by atoms with van der Waals surface area (Å²) in [6, 6.07) is 8.07. The van der Waals surface area contributed by atoms with Crippen molar-refractivity contribution in [3.63, 3.8) is 0 Å². The lowest BCUT2D eigenvalue weighted by atomic mass is 9.95. The molecule has 1 saturated heterocycles. The highest BCUT2D eigenvalue weighted by Crippen LogP contribution is 2.25. The second-order valence-electron chi connectivity index (χ2n) is 4.38. The van der Waals surface area contributed by atoms with Gasteiger partial charge < -0.3 is 10.5 Å². The molecule has 1 fully saturated rings. The van der Waals surface area contributed by atoms with Crippen molar-refractivity contribution < 1.29 is 4.74 Å². The lowest BCUT2D eigenvalue weighted by Crippen LogP contribution is -2.37. The molecule has 0 amide bonds. The molecule has 1 aromatic rings. The third-order valence-electron chi connectivity index (χ3n) is 3.13. The Morgan fingerprint density at radius 2 is 1.94 bits per heavy atom. The molecule has 0 saturated carbocycles. The number of hydrogen-bond donors (Lipinski definition) is 1. The van der Waals surface area contributed by atoms with Crippen LogP contribution in [0.5, 0.6) is 5.75 Å². The molecule has 0 radical (unpaired) electrons. The number of ether oxygens (including phenoxy) is 1. The van der Waals surface area contributed by atoms with E-state index in [2.05, 4.69) is 15.9 Å². The molecular weight excluding hydrogens is 298 g/mol. The van der Waals surface area contributed by atoms with E-state index in [-0.39, 0.29) is 6.04 Å². The van der Waals surface area contributed by atoms with Crippen LogP contribution in [-0.2, 0) is 0 Å². The minimum Gasteiger partial charge on any atom is -0.492 e. The molecule has 1 aliphatic heterocycles. The summed E-state index contributed by atoms with van der Waals surface area (Å²) in [5, 5.41) is 0. The molecule has 0 spiro atoms. The van der Waals surface area contributed by atoms with Crippen molar-refractivity contribution in [3.8, 4) is 5.75 Å². The molecule has 1 aromatic carbocycles. The van der Waals surface area contributed by atoms with Crippen molar-refractivity contribution in [1.82, 2.24) is 0 Å². The average molecular weight is 316 g/mol. The van der Waals surface area contributed by atoms with Crippen LogP contribution in [0.15, 0.2) is 28.7 Å². The minimum atomic E-state index is 0.166. The fourth-order valence-corrected chi connectivity index (χ4v) is 3.41. The highest BCUT2D eigenvalue weighted by molar-refractivity contribution is 9.10. The number of nitrogens with two attached hydrogens (primary N) is 1. The Morgan fingerprint density at radius 3 is 2.59 bits per heavy atom. The molecule has 1 heterocycles. The maximum atomic E-state index is 6.18. The van der Waals surface area contributed by atoms with Gasteiger partial charge in [-0.25, -0.2) is 0 Å². The van der Waals surface area contributed by atoms with Crippen LogP contribution in [0.4, 0.5) is 0 Å². The predicted octanol–water partition coefficient (Wildman–Crippen LogP) is 3.30. The van der Waals surface area contributed by atoms with Crippen LogP contribution in [0.1, 0.15) is 12.8 Å². The summed E-state index contributed by atoms with van der Waals surface area (Å²) in [6.07, 6.45) is 2.46. The second-order valence-corrected chi connectivity index (χ2v) is 6.52. The normalized spacial score (nSPS) is 18.9. The number of hydrogen-bond acceptors (Lipinski definition) is 3. The fraction of sp³-hybridized carbons (Fsp3) is 0.538. The molecular formula is C13H18BrNOS. The molecule has 0 aliphatic carbocycles. The summed E-state index contributed by atoms with van der Waals surface area (Å²) < 4.78 is 6.79. The second kappa shape index (κ2) is 6.66. The van der Waals surface area contributed by atoms with E-state index < -0.39 is 0 Å². The van der Waals surface area contributed by atoms with E-state index >= 15 is 0 Å². The van der Waals surface area contributed by atoms with Crippen molar-refractivity contribution in [1.29, 1.82) is 0 Å². The molecule has 0 aromatic heterocycles. The zero-order chi connectivity index (χ0) is 12.1. The van der Waals surface area contributed by atoms with Crippen LogP contribution in [-0.4, -0.2) is 24.2 Å². The first-order chi connectivity index (χ1) is 8.25. The van der Waals surface area contributed by atoms with Crippen LogP contribution in [0.2, 0.25) is 0 Å². The Balaban J connectivity index is 1.78. The summed E-state index contributed by atoms with van der Waals surface area (Å²) in [5.74, 6) is 4.02. The minimum absolute atomic E-state index is 0.166. The average Bonchev–Trinajstić information content (AvgIpc) is 2.39. The van der Waals surface area contributed by atoms with Crippen LogP contribution >= 0.6 is 27.7 Å². The van der Waals surface area contributed by atoms with Crippen molar-refractivity contribution in [2.45, 2.75) is 18.9 Å². The van der Waals surface area contributed by atoms with Gasteiger partial charge in [0.25, 0.3) is 0 Å². The van der Waals surface area contributed by atoms with Gasteiger partial charge >= 0.3 is 0 Å². The number of halogens is 1. The van der Waals surface area contributed by atoms with E-state index in [4.69, 9.17) is 10.5 Å². The van der Waals surface area contributed by atoms with Gasteiger partial charge in [0.15, 0.2) is 0 Å². The first kappa shape index (κ1) is 13.2. The molecule has 1 atom stereocenters. The number of benzene rings is 1. The first-order valence-electron chi connectivity index (χ1n) is 5.97. The zero-order valence-electron chi connectivity index (χ0n) is 9.77. The van der Waals surface area contributed by atoms with Crippen molar-refractivity contribution >= 4 is 27.7 Å². The Labute approximate surface area is 115 Å². The Kier molecular flexibility index (Phi) is 5.19. The quantitative estimate of drug-likeness (QED) is 0.926. The van der Waals surface area contributed by atoms with Gasteiger partial charge in [0.05, 0.1) is 0 Å². The number of thioether (sulfide) groups is 1. The van der Waals surface area contributed by atoms with E-state index in [9.17, 15) is 0 Å². The first-order valence-corrected chi connectivity index (χ1v) is 7.92. The van der Waals surface area contributed by atoms with Gasteiger partial charge in [-0.05, 0) is 54.5 Å². The third kappa shape index (κ3) is 4.19. The predicted molar refractivity (Wildman–Crippen MR) is 77.7 cm³/mol. The lowest BCUT2D eigenvalue weighted by Gasteiger charge is -2.27. The van der Waals surface area contributed by atoms with Crippen LogP contribution in [0.3, 0.4) is 0 Å². The summed E-state index contributed by atoms with van der Waals surface area (Å²) in [6.45, 7) is 0.622. The standard InChI is InChI=1S/C13H18BrNOS/c14-11-1-3-12(4-2-11)16-9-13(15)10-5-7-17-8-6-10/h1-4,10,13H,5-9,15H2. The molecule has 2 nitrogen and oxygen atoms in total. The Morgan fingerprint density at radius 1 is 1.29 bits per heavy atom. The molecule has 4 heteroatoms. The topological polar surface area (TPSA) is 35.2 Å². The maximum Gasteiger partial charge on any atom is 0.119 e. The molecule has 1 aliphatic rings. The van der Waals surface area contributed by atoms with Gasteiger partial charge in [-0.2, -0.15) is 11.8 Å². The highest BCUT2D eigenvalue weighted by Gasteiger charge is 2.21. The molecule has 94 valence electrons. The summed E-state index contributed by atoms with van der Waals surface area (Å²) >= 11 is 5.44. The smallest absolute Gasteiger partial charge is 0.119 e. The van der Waals surface area contributed by atoms with Crippen LogP contribution < -0.4 is 10.5 Å². The van der Waals surface area contributed by atoms with Crippen molar-refractivity contribution in [2.75, 3.05) is 18.1 Å². The molecule has 1 unspecified atom stereocenters. The lowest BCUT2D eigenvalue weighted by molar-refractivity contribution is 0.239. The summed E-state index contributed by atoms with van der Waals surface area (Å²) in [7, 11) is 0. The van der Waals surface area contributed by atoms with E-state index in [1.807, 2.05) is 36.0 Å². The Bertz CT molecular complexity index is 338. The summed E-state index contributed by atoms with van der Waals surface area (Å²) in [4.78, 5) is 0. The summed E-state index contributed by atoms with van der Waals surface area (Å²) in [5.41, 5.74) is 6.18. The number of rotatable bonds is 4. The fourth-order valence-electron chi connectivity index (χ4n) is 2.00. The van der Waals surface area contributed by atoms with Gasteiger partial charge in [0, 0.05) is 10.5 Å². The Hall–Kier alpha value is -0.190. The van der Waals surface area contributed by atoms with Crippen molar-refractivity contribution in [2.24, 2.45) is 11.7 Å². The molecule has 2 rings (SSSR count). The monoisotopic (exact) mass is 315 g/mol. The van der Waals surface area contributed by atoms with E-state index in [1.54, 1.807) is 0 Å². The van der Waals surface area contributed by atoms with Crippen LogP contribution in [0.25, 0.3) is 0 Å². The SMILES string of the molecule is NC(COc1ccc(Br)cc1)C1CCSCC1. The van der Waals surface area contributed by atoms with Crippen molar-refractivity contribution in [3.05, 3.63) is 28.7 Å². The van der Waals surface area contributed by atoms with Gasteiger partial charge in [0.2, 0.25) is 0 Å². The third-order valence-corrected chi connectivity index (χ3v) is 4.70.